The van der Waals surface area contributed by atoms with E-state index in [-0.39, 0.29) is 17.2 Å². The lowest BCUT2D eigenvalue weighted by Gasteiger charge is -2.47. The fourth-order valence-corrected chi connectivity index (χ4v) is 4.53. The van der Waals surface area contributed by atoms with Gasteiger partial charge in [0, 0.05) is 57.1 Å². The zero-order chi connectivity index (χ0) is 20.3. The van der Waals surface area contributed by atoms with Crippen LogP contribution in [-0.4, -0.2) is 62.6 Å². The number of likely N-dealkylation sites (tertiary alicyclic amines) is 2. The Kier molecular flexibility index (Phi) is 5.65. The Morgan fingerprint density at radius 1 is 1.21 bits per heavy atom. The monoisotopic (exact) mass is 395 g/mol. The number of hydrogen-bond donors (Lipinski definition) is 0. The Hall–Kier alpha value is -2.70. The topological polar surface area (TPSA) is 71.3 Å². The van der Waals surface area contributed by atoms with E-state index >= 15 is 0 Å². The Morgan fingerprint density at radius 3 is 2.72 bits per heavy atom. The van der Waals surface area contributed by atoms with E-state index in [0.717, 1.165) is 63.1 Å². The molecule has 2 aromatic rings. The van der Waals surface area contributed by atoms with Crippen molar-refractivity contribution in [2.75, 3.05) is 26.2 Å². The van der Waals surface area contributed by atoms with Gasteiger partial charge in [0.15, 0.2) is 0 Å². The molecule has 4 rings (SSSR count). The summed E-state index contributed by atoms with van der Waals surface area (Å²) in [6.07, 6.45) is 9.73. The lowest BCUT2D eigenvalue weighted by molar-refractivity contribution is -0.142. The third-order valence-corrected chi connectivity index (χ3v) is 6.35. The third-order valence-electron chi connectivity index (χ3n) is 6.35. The summed E-state index contributed by atoms with van der Waals surface area (Å²) in [7, 11) is 0. The zero-order valence-corrected chi connectivity index (χ0v) is 17.1. The molecule has 4 heterocycles. The number of aryl methyl sites for hydroxylation is 1. The third kappa shape index (κ3) is 4.66. The van der Waals surface area contributed by atoms with E-state index in [9.17, 15) is 9.59 Å². The number of pyridine rings is 1. The molecule has 0 unspecified atom stereocenters. The quantitative estimate of drug-likeness (QED) is 0.777. The number of rotatable bonds is 5. The highest BCUT2D eigenvalue weighted by Gasteiger charge is 2.41. The van der Waals surface area contributed by atoms with Crippen LogP contribution in [0.2, 0.25) is 0 Å². The predicted octanol–water partition coefficient (Wildman–Crippen LogP) is 2.06. The molecule has 7 heteroatoms. The van der Waals surface area contributed by atoms with Gasteiger partial charge in [0.2, 0.25) is 11.8 Å². The van der Waals surface area contributed by atoms with E-state index in [2.05, 4.69) is 10.1 Å². The predicted molar refractivity (Wildman–Crippen MR) is 109 cm³/mol. The molecule has 7 nitrogen and oxygen atoms in total. The molecule has 2 aliphatic heterocycles. The second-order valence-corrected chi connectivity index (χ2v) is 8.48. The summed E-state index contributed by atoms with van der Waals surface area (Å²) in [4.78, 5) is 33.4. The first-order valence-electron chi connectivity index (χ1n) is 10.5. The van der Waals surface area contributed by atoms with Crippen LogP contribution in [-0.2, 0) is 22.6 Å². The van der Waals surface area contributed by atoms with E-state index < -0.39 is 0 Å². The largest absolute Gasteiger partial charge is 0.342 e. The van der Waals surface area contributed by atoms with Crippen molar-refractivity contribution < 1.29 is 9.59 Å². The van der Waals surface area contributed by atoms with Crippen LogP contribution in [0.5, 0.6) is 0 Å². The van der Waals surface area contributed by atoms with Crippen molar-refractivity contribution in [2.45, 2.75) is 45.6 Å². The molecule has 0 aromatic carbocycles. The average molecular weight is 396 g/mol. The van der Waals surface area contributed by atoms with Crippen molar-refractivity contribution >= 4 is 11.8 Å². The minimum absolute atomic E-state index is 0.127. The highest BCUT2D eigenvalue weighted by molar-refractivity contribution is 5.77. The number of piperidine rings is 2. The summed E-state index contributed by atoms with van der Waals surface area (Å²) in [6, 6.07) is 5.90. The van der Waals surface area contributed by atoms with Crippen LogP contribution in [0.3, 0.4) is 0 Å². The second kappa shape index (κ2) is 8.35. The molecule has 2 fully saturated rings. The molecule has 29 heavy (non-hydrogen) atoms. The highest BCUT2D eigenvalue weighted by Crippen LogP contribution is 2.40. The number of amides is 2. The molecule has 154 valence electrons. The van der Waals surface area contributed by atoms with Gasteiger partial charge in [-0.25, -0.2) is 0 Å². The van der Waals surface area contributed by atoms with Crippen LogP contribution in [0.1, 0.15) is 36.9 Å². The summed E-state index contributed by atoms with van der Waals surface area (Å²) < 4.78 is 1.71. The number of carbonyl (C=O) groups is 2. The maximum atomic E-state index is 12.6. The Bertz CT molecular complexity index is 855. The molecule has 1 spiro atoms. The van der Waals surface area contributed by atoms with Gasteiger partial charge in [-0.3, -0.25) is 19.3 Å². The van der Waals surface area contributed by atoms with Crippen LogP contribution < -0.4 is 0 Å². The van der Waals surface area contributed by atoms with Crippen LogP contribution in [0.15, 0.2) is 36.8 Å². The Labute approximate surface area is 171 Å². The van der Waals surface area contributed by atoms with Crippen molar-refractivity contribution in [3.63, 3.8) is 0 Å². The summed E-state index contributed by atoms with van der Waals surface area (Å²) in [5, 5.41) is 4.22. The zero-order valence-electron chi connectivity index (χ0n) is 17.1. The fraction of sp³-hybridized carbons (Fsp3) is 0.545. The molecular formula is C22H29N5O2. The van der Waals surface area contributed by atoms with E-state index in [1.165, 1.54) is 0 Å². The standard InChI is InChI=1S/C22H29N5O2/c1-18-14-24-27(15-18)16-21(29)25-12-8-22(9-13-25)7-5-20(28)26(17-22)11-6-19-4-2-3-10-23-19/h2-4,10,14-15H,5-9,11-13,16-17H2,1H3. The van der Waals surface area contributed by atoms with Crippen molar-refractivity contribution in [2.24, 2.45) is 5.41 Å². The summed E-state index contributed by atoms with van der Waals surface area (Å²) in [5.74, 6) is 0.376. The van der Waals surface area contributed by atoms with Gasteiger partial charge in [-0.15, -0.1) is 0 Å². The second-order valence-electron chi connectivity index (χ2n) is 8.48. The molecule has 2 aliphatic rings. The summed E-state index contributed by atoms with van der Waals surface area (Å²) in [6.45, 7) is 5.33. The number of aromatic nitrogens is 3. The van der Waals surface area contributed by atoms with E-state index in [4.69, 9.17) is 0 Å². The maximum Gasteiger partial charge on any atom is 0.244 e. The molecule has 0 bridgehead atoms. The van der Waals surface area contributed by atoms with Crippen molar-refractivity contribution in [1.29, 1.82) is 0 Å². The van der Waals surface area contributed by atoms with Crippen LogP contribution in [0.4, 0.5) is 0 Å². The van der Waals surface area contributed by atoms with Gasteiger partial charge in [0.25, 0.3) is 0 Å². The molecular weight excluding hydrogens is 366 g/mol. The van der Waals surface area contributed by atoms with Gasteiger partial charge < -0.3 is 9.80 Å². The molecule has 2 amide bonds. The Balaban J connectivity index is 1.31. The van der Waals surface area contributed by atoms with E-state index in [0.29, 0.717) is 13.0 Å². The number of hydrogen-bond acceptors (Lipinski definition) is 4. The maximum absolute atomic E-state index is 12.6. The Morgan fingerprint density at radius 2 is 2.03 bits per heavy atom. The highest BCUT2D eigenvalue weighted by atomic mass is 16.2. The van der Waals surface area contributed by atoms with Crippen LogP contribution in [0, 0.1) is 12.3 Å². The SMILES string of the molecule is Cc1cnn(CC(=O)N2CCC3(CCC(=O)N(CCc4ccccn4)C3)CC2)c1. The van der Waals surface area contributed by atoms with Crippen molar-refractivity contribution in [3.8, 4) is 0 Å². The lowest BCUT2D eigenvalue weighted by Crippen LogP contribution is -2.53. The van der Waals surface area contributed by atoms with Crippen LogP contribution >= 0.6 is 0 Å². The minimum atomic E-state index is 0.127. The average Bonchev–Trinajstić information content (AvgIpc) is 3.15. The lowest BCUT2D eigenvalue weighted by atomic mass is 9.72. The molecule has 2 saturated heterocycles. The molecule has 2 aromatic heterocycles. The van der Waals surface area contributed by atoms with E-state index in [1.807, 2.05) is 41.1 Å². The fourth-order valence-electron chi connectivity index (χ4n) is 4.53. The molecule has 0 N–H and O–H groups in total. The molecule has 0 radical (unpaired) electrons. The van der Waals surface area contributed by atoms with Gasteiger partial charge in [-0.05, 0) is 49.3 Å². The normalized spacial score (nSPS) is 19.0. The van der Waals surface area contributed by atoms with Gasteiger partial charge in [-0.1, -0.05) is 6.07 Å². The van der Waals surface area contributed by atoms with E-state index in [1.54, 1.807) is 17.1 Å². The minimum Gasteiger partial charge on any atom is -0.342 e. The molecule has 0 saturated carbocycles. The number of nitrogens with zero attached hydrogens (tertiary/aromatic N) is 5. The van der Waals surface area contributed by atoms with Crippen LogP contribution in [0.25, 0.3) is 0 Å². The number of carbonyl (C=O) groups excluding carboxylic acids is 2. The van der Waals surface area contributed by atoms with Crippen molar-refractivity contribution in [1.82, 2.24) is 24.6 Å². The van der Waals surface area contributed by atoms with Crippen molar-refractivity contribution in [3.05, 3.63) is 48.0 Å². The first-order valence-corrected chi connectivity index (χ1v) is 10.5. The summed E-state index contributed by atoms with van der Waals surface area (Å²) >= 11 is 0. The first kappa shape index (κ1) is 19.6. The van der Waals surface area contributed by atoms with Gasteiger partial charge in [-0.2, -0.15) is 5.10 Å². The molecule has 0 atom stereocenters. The van der Waals surface area contributed by atoms with Gasteiger partial charge >= 0.3 is 0 Å². The summed E-state index contributed by atoms with van der Waals surface area (Å²) in [5.41, 5.74) is 2.24. The smallest absolute Gasteiger partial charge is 0.244 e. The molecule has 0 aliphatic carbocycles. The first-order chi connectivity index (χ1) is 14.0. The van der Waals surface area contributed by atoms with Gasteiger partial charge in [0.05, 0.1) is 6.20 Å². The van der Waals surface area contributed by atoms with Gasteiger partial charge in [0.1, 0.15) is 6.54 Å².